The number of hydrogen-bond donors (Lipinski definition) is 2. The van der Waals surface area contributed by atoms with E-state index < -0.39 is 5.60 Å². The number of likely N-dealkylation sites (tertiary alicyclic amines) is 1. The summed E-state index contributed by atoms with van der Waals surface area (Å²) in [5, 5.41) is 13.7. The quantitative estimate of drug-likeness (QED) is 0.789. The van der Waals surface area contributed by atoms with Gasteiger partial charge in [0.2, 0.25) is 0 Å². The van der Waals surface area contributed by atoms with Crippen LogP contribution >= 0.6 is 0 Å². The molecule has 0 bridgehead atoms. The minimum Gasteiger partial charge on any atom is -0.389 e. The van der Waals surface area contributed by atoms with E-state index in [1.807, 2.05) is 6.92 Å². The monoisotopic (exact) mass is 240 g/mol. The van der Waals surface area contributed by atoms with Crippen LogP contribution in [0.1, 0.15) is 52.4 Å². The number of aliphatic hydroxyl groups is 1. The molecule has 1 heterocycles. The zero-order valence-corrected chi connectivity index (χ0v) is 11.4. The predicted molar refractivity (Wildman–Crippen MR) is 71.2 cm³/mol. The maximum Gasteiger partial charge on any atom is 0.0746 e. The van der Waals surface area contributed by atoms with Crippen LogP contribution in [0.15, 0.2) is 0 Å². The molecule has 3 heteroatoms. The fourth-order valence-corrected chi connectivity index (χ4v) is 3.50. The Kier molecular flexibility index (Phi) is 4.45. The molecule has 3 nitrogen and oxygen atoms in total. The minimum atomic E-state index is -0.448. The van der Waals surface area contributed by atoms with Gasteiger partial charge in [0, 0.05) is 18.6 Å². The molecule has 1 saturated heterocycles. The summed E-state index contributed by atoms with van der Waals surface area (Å²) in [6.45, 7) is 7.33. The molecule has 1 aliphatic heterocycles. The maximum atomic E-state index is 10.2. The van der Waals surface area contributed by atoms with E-state index in [1.54, 1.807) is 0 Å². The van der Waals surface area contributed by atoms with E-state index in [1.165, 1.54) is 32.2 Å². The van der Waals surface area contributed by atoms with Gasteiger partial charge in [0.25, 0.3) is 0 Å². The Bertz CT molecular complexity index is 234. The van der Waals surface area contributed by atoms with Crippen LogP contribution in [0, 0.1) is 0 Å². The SMILES string of the molecule is CCNC1CCC(N2CCCC(C)(O)C2)CC1. The Hall–Kier alpha value is -0.120. The Labute approximate surface area is 106 Å². The van der Waals surface area contributed by atoms with Crippen LogP contribution in [0.2, 0.25) is 0 Å². The molecule has 1 saturated carbocycles. The topological polar surface area (TPSA) is 35.5 Å². The lowest BCUT2D eigenvalue weighted by atomic mass is 9.87. The molecule has 0 aromatic heterocycles. The van der Waals surface area contributed by atoms with Crippen LogP contribution in [-0.2, 0) is 0 Å². The van der Waals surface area contributed by atoms with Crippen LogP contribution in [0.25, 0.3) is 0 Å². The summed E-state index contributed by atoms with van der Waals surface area (Å²) in [5.74, 6) is 0. The average Bonchev–Trinajstić information content (AvgIpc) is 2.29. The largest absolute Gasteiger partial charge is 0.389 e. The van der Waals surface area contributed by atoms with Crippen molar-refractivity contribution in [3.05, 3.63) is 0 Å². The van der Waals surface area contributed by atoms with E-state index in [9.17, 15) is 5.11 Å². The molecule has 2 fully saturated rings. The normalized spacial score (nSPS) is 40.4. The molecule has 17 heavy (non-hydrogen) atoms. The fourth-order valence-electron chi connectivity index (χ4n) is 3.50. The summed E-state index contributed by atoms with van der Waals surface area (Å²) in [7, 11) is 0. The number of hydrogen-bond acceptors (Lipinski definition) is 3. The van der Waals surface area contributed by atoms with Gasteiger partial charge in [-0.15, -0.1) is 0 Å². The van der Waals surface area contributed by atoms with E-state index in [0.29, 0.717) is 0 Å². The zero-order valence-electron chi connectivity index (χ0n) is 11.4. The second-order valence-electron chi connectivity index (χ2n) is 6.13. The average molecular weight is 240 g/mol. The molecule has 0 aromatic carbocycles. The summed E-state index contributed by atoms with van der Waals surface area (Å²) in [5.41, 5.74) is -0.448. The molecule has 1 unspecified atom stereocenters. The third kappa shape index (κ3) is 3.67. The van der Waals surface area contributed by atoms with Crippen molar-refractivity contribution >= 4 is 0 Å². The van der Waals surface area contributed by atoms with Crippen LogP contribution in [0.3, 0.4) is 0 Å². The minimum absolute atomic E-state index is 0.448. The van der Waals surface area contributed by atoms with Crippen molar-refractivity contribution in [1.82, 2.24) is 10.2 Å². The van der Waals surface area contributed by atoms with Crippen molar-refractivity contribution in [2.45, 2.75) is 70.1 Å². The van der Waals surface area contributed by atoms with Crippen molar-refractivity contribution < 1.29 is 5.11 Å². The van der Waals surface area contributed by atoms with Gasteiger partial charge in [-0.05, 0) is 58.5 Å². The smallest absolute Gasteiger partial charge is 0.0746 e. The van der Waals surface area contributed by atoms with Crippen molar-refractivity contribution in [2.24, 2.45) is 0 Å². The second-order valence-corrected chi connectivity index (χ2v) is 6.13. The first-order valence-corrected chi connectivity index (χ1v) is 7.30. The number of nitrogens with zero attached hydrogens (tertiary/aromatic N) is 1. The van der Waals surface area contributed by atoms with Crippen molar-refractivity contribution in [3.8, 4) is 0 Å². The van der Waals surface area contributed by atoms with Crippen molar-refractivity contribution in [2.75, 3.05) is 19.6 Å². The van der Waals surface area contributed by atoms with Gasteiger partial charge in [0.15, 0.2) is 0 Å². The van der Waals surface area contributed by atoms with Gasteiger partial charge in [-0.2, -0.15) is 0 Å². The number of rotatable bonds is 3. The first-order chi connectivity index (χ1) is 8.11. The number of piperidine rings is 1. The highest BCUT2D eigenvalue weighted by Crippen LogP contribution is 2.28. The third-order valence-corrected chi connectivity index (χ3v) is 4.41. The molecule has 100 valence electrons. The van der Waals surface area contributed by atoms with Crippen molar-refractivity contribution in [1.29, 1.82) is 0 Å². The highest BCUT2D eigenvalue weighted by Gasteiger charge is 2.33. The summed E-state index contributed by atoms with van der Waals surface area (Å²) in [4.78, 5) is 2.53. The van der Waals surface area contributed by atoms with Crippen LogP contribution < -0.4 is 5.32 Å². The van der Waals surface area contributed by atoms with Gasteiger partial charge < -0.3 is 10.4 Å². The number of nitrogens with one attached hydrogen (secondary N) is 1. The predicted octanol–water partition coefficient (Wildman–Crippen LogP) is 1.75. The van der Waals surface area contributed by atoms with E-state index in [-0.39, 0.29) is 0 Å². The summed E-state index contributed by atoms with van der Waals surface area (Å²) in [6.07, 6.45) is 7.33. The highest BCUT2D eigenvalue weighted by atomic mass is 16.3. The van der Waals surface area contributed by atoms with Gasteiger partial charge in [-0.3, -0.25) is 4.90 Å². The first-order valence-electron chi connectivity index (χ1n) is 7.30. The van der Waals surface area contributed by atoms with E-state index in [2.05, 4.69) is 17.1 Å². The highest BCUT2D eigenvalue weighted by molar-refractivity contribution is 4.89. The molecular formula is C14H28N2O. The van der Waals surface area contributed by atoms with Gasteiger partial charge in [-0.1, -0.05) is 6.92 Å². The lowest BCUT2D eigenvalue weighted by molar-refractivity contribution is -0.0360. The standard InChI is InChI=1S/C14H28N2O/c1-3-15-12-5-7-13(8-6-12)16-10-4-9-14(2,17)11-16/h12-13,15,17H,3-11H2,1-2H3. The summed E-state index contributed by atoms with van der Waals surface area (Å²) in [6, 6.07) is 1.46. The van der Waals surface area contributed by atoms with Crippen LogP contribution in [0.5, 0.6) is 0 Å². The van der Waals surface area contributed by atoms with Crippen molar-refractivity contribution in [3.63, 3.8) is 0 Å². The molecule has 0 amide bonds. The Morgan fingerprint density at radius 1 is 1.29 bits per heavy atom. The summed E-state index contributed by atoms with van der Waals surface area (Å²) < 4.78 is 0. The Balaban J connectivity index is 1.80. The van der Waals surface area contributed by atoms with Gasteiger partial charge in [-0.25, -0.2) is 0 Å². The molecule has 0 aromatic rings. The van der Waals surface area contributed by atoms with Gasteiger partial charge >= 0.3 is 0 Å². The van der Waals surface area contributed by atoms with Crippen LogP contribution in [-0.4, -0.2) is 47.3 Å². The molecule has 2 aliphatic rings. The molecule has 2 rings (SSSR count). The lowest BCUT2D eigenvalue weighted by Crippen LogP contribution is -2.52. The molecule has 2 N–H and O–H groups in total. The first kappa shape index (κ1) is 13.3. The van der Waals surface area contributed by atoms with Gasteiger partial charge in [0.05, 0.1) is 5.60 Å². The molecule has 0 radical (unpaired) electrons. The van der Waals surface area contributed by atoms with E-state index >= 15 is 0 Å². The van der Waals surface area contributed by atoms with Crippen LogP contribution in [0.4, 0.5) is 0 Å². The fraction of sp³-hybridized carbons (Fsp3) is 1.00. The lowest BCUT2D eigenvalue weighted by Gasteiger charge is -2.43. The van der Waals surface area contributed by atoms with E-state index in [0.717, 1.165) is 38.0 Å². The van der Waals surface area contributed by atoms with E-state index in [4.69, 9.17) is 0 Å². The Morgan fingerprint density at radius 3 is 2.59 bits per heavy atom. The Morgan fingerprint density at radius 2 is 2.00 bits per heavy atom. The molecule has 0 spiro atoms. The van der Waals surface area contributed by atoms with Gasteiger partial charge in [0.1, 0.15) is 0 Å². The molecule has 1 aliphatic carbocycles. The third-order valence-electron chi connectivity index (χ3n) is 4.41. The zero-order chi connectivity index (χ0) is 12.3. The molecule has 1 atom stereocenters. The maximum absolute atomic E-state index is 10.2. The molecular weight excluding hydrogens is 212 g/mol. The number of β-amino-alcohol motifs (C(OH)–C–C–N with tert-alkyl or cyclic N) is 1. The second kappa shape index (κ2) is 5.68. The summed E-state index contributed by atoms with van der Waals surface area (Å²) >= 11 is 0.